The first kappa shape index (κ1) is 24.0. The molecule has 4 aromatic rings. The first-order valence-corrected chi connectivity index (χ1v) is 11.0. The van der Waals surface area contributed by atoms with Crippen LogP contribution < -0.4 is 14.8 Å². The van der Waals surface area contributed by atoms with Crippen molar-refractivity contribution >= 4 is 5.91 Å². The molecular formula is C27H26FN3O4. The molecule has 0 saturated carbocycles. The van der Waals surface area contributed by atoms with Crippen molar-refractivity contribution in [1.82, 2.24) is 15.1 Å². The standard InChI is InChI=1S/C27H26FN3O4/c1-17-5-4-6-18(13-17)26-23(16-31(30-26)20-9-7-19(28)8-10-20)27(33)29-15-24(32)22-14-21(34-2)11-12-25(22)35-3/h4-14,16,24,32H,15H2,1-3H3,(H,29,33). The van der Waals surface area contributed by atoms with E-state index < -0.39 is 12.0 Å². The van der Waals surface area contributed by atoms with Gasteiger partial charge in [0.05, 0.1) is 25.5 Å². The van der Waals surface area contributed by atoms with Gasteiger partial charge < -0.3 is 19.9 Å². The van der Waals surface area contributed by atoms with Gasteiger partial charge in [0.25, 0.3) is 5.91 Å². The fourth-order valence-electron chi connectivity index (χ4n) is 3.77. The minimum absolute atomic E-state index is 0.0582. The molecule has 1 heterocycles. The Labute approximate surface area is 202 Å². The van der Waals surface area contributed by atoms with Crippen molar-refractivity contribution in [2.75, 3.05) is 20.8 Å². The van der Waals surface area contributed by atoms with Gasteiger partial charge in [-0.25, -0.2) is 9.07 Å². The number of benzene rings is 3. The van der Waals surface area contributed by atoms with Crippen molar-refractivity contribution in [2.24, 2.45) is 0 Å². The lowest BCUT2D eigenvalue weighted by atomic mass is 10.0. The van der Waals surface area contributed by atoms with Crippen molar-refractivity contribution in [1.29, 1.82) is 0 Å². The highest BCUT2D eigenvalue weighted by Gasteiger charge is 2.21. The van der Waals surface area contributed by atoms with E-state index in [9.17, 15) is 14.3 Å². The molecule has 0 spiro atoms. The Morgan fingerprint density at radius 1 is 1.09 bits per heavy atom. The van der Waals surface area contributed by atoms with Gasteiger partial charge in [-0.1, -0.05) is 23.8 Å². The molecule has 2 N–H and O–H groups in total. The number of hydrogen-bond donors (Lipinski definition) is 2. The molecule has 0 fully saturated rings. The lowest BCUT2D eigenvalue weighted by molar-refractivity contribution is 0.0915. The fourth-order valence-corrected chi connectivity index (χ4v) is 3.77. The minimum atomic E-state index is -1.03. The molecule has 7 nitrogen and oxygen atoms in total. The van der Waals surface area contributed by atoms with E-state index >= 15 is 0 Å². The molecule has 0 aliphatic carbocycles. The summed E-state index contributed by atoms with van der Waals surface area (Å²) in [6.45, 7) is 1.90. The average Bonchev–Trinajstić information content (AvgIpc) is 3.33. The number of nitrogens with zero attached hydrogens (tertiary/aromatic N) is 2. The molecule has 0 bridgehead atoms. The van der Waals surface area contributed by atoms with Crippen LogP contribution in [0.3, 0.4) is 0 Å². The van der Waals surface area contributed by atoms with Gasteiger partial charge >= 0.3 is 0 Å². The molecule has 1 atom stereocenters. The van der Waals surface area contributed by atoms with E-state index in [4.69, 9.17) is 9.47 Å². The van der Waals surface area contributed by atoms with Gasteiger partial charge in [-0.05, 0) is 55.5 Å². The van der Waals surface area contributed by atoms with Gasteiger partial charge in [0.1, 0.15) is 29.1 Å². The zero-order valence-electron chi connectivity index (χ0n) is 19.7. The summed E-state index contributed by atoms with van der Waals surface area (Å²) in [5, 5.41) is 18.2. The highest BCUT2D eigenvalue weighted by atomic mass is 19.1. The van der Waals surface area contributed by atoms with Crippen LogP contribution in [0.5, 0.6) is 11.5 Å². The van der Waals surface area contributed by atoms with Crippen molar-refractivity contribution in [2.45, 2.75) is 13.0 Å². The van der Waals surface area contributed by atoms with Gasteiger partial charge in [-0.2, -0.15) is 5.10 Å². The number of aryl methyl sites for hydroxylation is 1. The Morgan fingerprint density at radius 3 is 2.54 bits per heavy atom. The van der Waals surface area contributed by atoms with Crippen LogP contribution in [0.1, 0.15) is 27.6 Å². The molecular weight excluding hydrogens is 449 g/mol. The monoisotopic (exact) mass is 475 g/mol. The molecule has 8 heteroatoms. The number of amides is 1. The highest BCUT2D eigenvalue weighted by molar-refractivity contribution is 6.00. The molecule has 180 valence electrons. The second kappa shape index (κ2) is 10.4. The number of rotatable bonds is 8. The second-order valence-electron chi connectivity index (χ2n) is 8.02. The quantitative estimate of drug-likeness (QED) is 0.393. The first-order chi connectivity index (χ1) is 16.9. The molecule has 3 aromatic carbocycles. The number of nitrogens with one attached hydrogen (secondary N) is 1. The zero-order valence-corrected chi connectivity index (χ0v) is 19.7. The van der Waals surface area contributed by atoms with Gasteiger partial charge in [0.15, 0.2) is 0 Å². The smallest absolute Gasteiger partial charge is 0.255 e. The Balaban J connectivity index is 1.63. The summed E-state index contributed by atoms with van der Waals surface area (Å²) >= 11 is 0. The number of carbonyl (C=O) groups excluding carboxylic acids is 1. The van der Waals surface area contributed by atoms with E-state index in [1.54, 1.807) is 36.5 Å². The number of aliphatic hydroxyl groups is 1. The van der Waals surface area contributed by atoms with E-state index in [0.717, 1.165) is 11.1 Å². The average molecular weight is 476 g/mol. The fraction of sp³-hybridized carbons (Fsp3) is 0.185. The number of carbonyl (C=O) groups is 1. The lowest BCUT2D eigenvalue weighted by Gasteiger charge is -2.16. The van der Waals surface area contributed by atoms with Gasteiger partial charge in [0, 0.05) is 23.9 Å². The van der Waals surface area contributed by atoms with Crippen LogP contribution in [-0.4, -0.2) is 41.6 Å². The van der Waals surface area contributed by atoms with Gasteiger partial charge in [0.2, 0.25) is 0 Å². The Kier molecular flexibility index (Phi) is 7.12. The molecule has 1 unspecified atom stereocenters. The largest absolute Gasteiger partial charge is 0.497 e. The molecule has 1 amide bonds. The van der Waals surface area contributed by atoms with E-state index in [1.165, 1.54) is 31.0 Å². The number of aliphatic hydroxyl groups excluding tert-OH is 1. The summed E-state index contributed by atoms with van der Waals surface area (Å²) in [4.78, 5) is 13.2. The van der Waals surface area contributed by atoms with Crippen molar-refractivity contribution in [3.63, 3.8) is 0 Å². The maximum atomic E-state index is 13.4. The zero-order chi connectivity index (χ0) is 24.9. The first-order valence-electron chi connectivity index (χ1n) is 11.0. The molecule has 0 saturated heterocycles. The van der Waals surface area contributed by atoms with E-state index in [0.29, 0.717) is 34.0 Å². The molecule has 0 aliphatic heterocycles. The summed E-state index contributed by atoms with van der Waals surface area (Å²) in [5.74, 6) is 0.279. The third-order valence-corrected chi connectivity index (χ3v) is 5.59. The number of methoxy groups -OCH3 is 2. The van der Waals surface area contributed by atoms with E-state index in [1.807, 2.05) is 31.2 Å². The van der Waals surface area contributed by atoms with E-state index in [2.05, 4.69) is 10.4 Å². The molecule has 1 aromatic heterocycles. The molecule has 0 radical (unpaired) electrons. The lowest BCUT2D eigenvalue weighted by Crippen LogP contribution is -2.28. The Hall–Kier alpha value is -4.17. The topological polar surface area (TPSA) is 85.6 Å². The Bertz CT molecular complexity index is 1330. The highest BCUT2D eigenvalue weighted by Crippen LogP contribution is 2.29. The minimum Gasteiger partial charge on any atom is -0.497 e. The number of ether oxygens (including phenoxy) is 2. The summed E-state index contributed by atoms with van der Waals surface area (Å²) in [6, 6.07) is 18.6. The summed E-state index contributed by atoms with van der Waals surface area (Å²) in [5.41, 5.74) is 3.69. The van der Waals surface area contributed by atoms with Crippen molar-refractivity contribution in [3.05, 3.63) is 95.4 Å². The van der Waals surface area contributed by atoms with Gasteiger partial charge in [-0.3, -0.25) is 4.79 Å². The van der Waals surface area contributed by atoms with Gasteiger partial charge in [-0.15, -0.1) is 0 Å². The molecule has 35 heavy (non-hydrogen) atoms. The van der Waals surface area contributed by atoms with Crippen LogP contribution in [0.25, 0.3) is 16.9 Å². The van der Waals surface area contributed by atoms with Crippen molar-refractivity contribution < 1.29 is 23.8 Å². The number of hydrogen-bond acceptors (Lipinski definition) is 5. The van der Waals surface area contributed by atoms with Crippen LogP contribution in [0.2, 0.25) is 0 Å². The number of aromatic nitrogens is 2. The molecule has 0 aliphatic rings. The second-order valence-corrected chi connectivity index (χ2v) is 8.02. The SMILES string of the molecule is COc1ccc(OC)c(C(O)CNC(=O)c2cn(-c3ccc(F)cc3)nc2-c2cccc(C)c2)c1. The van der Waals surface area contributed by atoms with E-state index in [-0.39, 0.29) is 12.4 Å². The normalized spacial score (nSPS) is 11.7. The third-order valence-electron chi connectivity index (χ3n) is 5.59. The maximum Gasteiger partial charge on any atom is 0.255 e. The predicted molar refractivity (Wildman–Crippen MR) is 131 cm³/mol. The van der Waals surface area contributed by atoms with Crippen LogP contribution in [-0.2, 0) is 0 Å². The predicted octanol–water partition coefficient (Wildman–Crippen LogP) is 4.47. The third kappa shape index (κ3) is 5.33. The molecule has 4 rings (SSSR count). The maximum absolute atomic E-state index is 13.4. The van der Waals surface area contributed by atoms with Crippen LogP contribution in [0.4, 0.5) is 4.39 Å². The summed E-state index contributed by atoms with van der Waals surface area (Å²) in [7, 11) is 3.04. The number of halogens is 1. The van der Waals surface area contributed by atoms with Crippen molar-refractivity contribution in [3.8, 4) is 28.4 Å². The van der Waals surface area contributed by atoms with Crippen LogP contribution in [0.15, 0.2) is 72.9 Å². The Morgan fingerprint density at radius 2 is 1.86 bits per heavy atom. The summed E-state index contributed by atoms with van der Waals surface area (Å²) < 4.78 is 25.5. The van der Waals surface area contributed by atoms with Crippen LogP contribution in [0, 0.1) is 12.7 Å². The van der Waals surface area contributed by atoms with Crippen LogP contribution >= 0.6 is 0 Å². The summed E-state index contributed by atoms with van der Waals surface area (Å²) in [6.07, 6.45) is 0.567.